The highest BCUT2D eigenvalue weighted by molar-refractivity contribution is 6.33. The maximum Gasteiger partial charge on any atom is 0.241 e. The predicted molar refractivity (Wildman–Crippen MR) is 134 cm³/mol. The van der Waals surface area contributed by atoms with Gasteiger partial charge in [0.05, 0.1) is 23.4 Å². The molecule has 1 aliphatic rings. The van der Waals surface area contributed by atoms with Crippen molar-refractivity contribution in [1.82, 2.24) is 10.2 Å². The summed E-state index contributed by atoms with van der Waals surface area (Å²) in [4.78, 5) is 29.3. The van der Waals surface area contributed by atoms with Crippen molar-refractivity contribution in [2.24, 2.45) is 17.6 Å². The molecule has 186 valence electrons. The molecule has 0 saturated carbocycles. The molecule has 0 aliphatic carbocycles. The van der Waals surface area contributed by atoms with E-state index in [4.69, 9.17) is 17.3 Å². The van der Waals surface area contributed by atoms with Crippen molar-refractivity contribution >= 4 is 29.1 Å². The van der Waals surface area contributed by atoms with E-state index in [-0.39, 0.29) is 29.8 Å². The first-order valence-electron chi connectivity index (χ1n) is 12.0. The summed E-state index contributed by atoms with van der Waals surface area (Å²) in [7, 11) is 0. The first kappa shape index (κ1) is 27.6. The third kappa shape index (κ3) is 7.67. The van der Waals surface area contributed by atoms with Gasteiger partial charge in [0.1, 0.15) is 0 Å². The molecule has 1 aliphatic heterocycles. The van der Waals surface area contributed by atoms with E-state index in [1.165, 1.54) is 0 Å². The molecule has 33 heavy (non-hydrogen) atoms. The van der Waals surface area contributed by atoms with Gasteiger partial charge in [0.25, 0.3) is 0 Å². The monoisotopic (exact) mass is 480 g/mol. The van der Waals surface area contributed by atoms with Crippen molar-refractivity contribution in [3.8, 4) is 0 Å². The molecule has 4 N–H and O–H groups in total. The lowest BCUT2D eigenvalue weighted by Crippen LogP contribution is -2.64. The van der Waals surface area contributed by atoms with Crippen LogP contribution in [0.5, 0.6) is 0 Å². The summed E-state index contributed by atoms with van der Waals surface area (Å²) in [5.41, 5.74) is 6.73. The Balaban J connectivity index is 2.01. The van der Waals surface area contributed by atoms with Crippen molar-refractivity contribution in [2.75, 3.05) is 31.1 Å². The van der Waals surface area contributed by atoms with Gasteiger partial charge in [-0.05, 0) is 44.7 Å². The third-order valence-corrected chi connectivity index (χ3v) is 6.64. The van der Waals surface area contributed by atoms with E-state index in [0.717, 1.165) is 6.42 Å². The summed E-state index contributed by atoms with van der Waals surface area (Å²) in [5, 5.41) is 14.3. The van der Waals surface area contributed by atoms with E-state index in [1.54, 1.807) is 11.0 Å². The zero-order valence-electron chi connectivity index (χ0n) is 20.7. The number of carbonyl (C=O) groups excluding carboxylic acids is 2. The highest BCUT2D eigenvalue weighted by Gasteiger charge is 2.40. The first-order chi connectivity index (χ1) is 15.5. The fourth-order valence-corrected chi connectivity index (χ4v) is 4.47. The van der Waals surface area contributed by atoms with Gasteiger partial charge in [0.15, 0.2) is 0 Å². The number of hydrogen-bond donors (Lipinski definition) is 3. The standard InChI is InChI=1S/C25H41ClN4O3/c1-6-9-18(24(33)28-13-17(2)3)12-22(31)20(27)14-29-15-23(32)30(16-25(29,4)5)21-11-8-7-10-19(21)26/h7-8,10-11,17-18,20,22,31H,6,9,12-16,27H2,1-5H3,(H,28,33)/t18-,20+,22+/m1/s1. The zero-order chi connectivity index (χ0) is 24.8. The molecule has 1 fully saturated rings. The number of para-hydroxylation sites is 1. The second kappa shape index (κ2) is 12.2. The number of carbonyl (C=O) groups is 2. The number of aliphatic hydroxyl groups excluding tert-OH is 1. The molecule has 1 aromatic carbocycles. The summed E-state index contributed by atoms with van der Waals surface area (Å²) in [5.74, 6) is 0.0100. The average molecular weight is 481 g/mol. The van der Waals surface area contributed by atoms with Crippen LogP contribution in [-0.2, 0) is 9.59 Å². The summed E-state index contributed by atoms with van der Waals surface area (Å²) in [6.45, 7) is 11.9. The van der Waals surface area contributed by atoms with Crippen LogP contribution < -0.4 is 16.0 Å². The zero-order valence-corrected chi connectivity index (χ0v) is 21.4. The van der Waals surface area contributed by atoms with Crippen LogP contribution in [0.25, 0.3) is 0 Å². The Morgan fingerprint density at radius 2 is 1.97 bits per heavy atom. The summed E-state index contributed by atoms with van der Waals surface area (Å²) >= 11 is 6.32. The van der Waals surface area contributed by atoms with Gasteiger partial charge in [-0.1, -0.05) is 50.9 Å². The van der Waals surface area contributed by atoms with E-state index >= 15 is 0 Å². The Morgan fingerprint density at radius 3 is 2.58 bits per heavy atom. The molecule has 2 amide bonds. The van der Waals surface area contributed by atoms with Crippen molar-refractivity contribution in [1.29, 1.82) is 0 Å². The number of rotatable bonds is 11. The normalized spacial score (nSPS) is 19.4. The molecule has 0 spiro atoms. The van der Waals surface area contributed by atoms with Crippen LogP contribution in [0.1, 0.15) is 53.9 Å². The highest BCUT2D eigenvalue weighted by Crippen LogP contribution is 2.31. The van der Waals surface area contributed by atoms with Gasteiger partial charge in [-0.2, -0.15) is 0 Å². The maximum atomic E-state index is 12.9. The summed E-state index contributed by atoms with van der Waals surface area (Å²) in [6.07, 6.45) is 1.04. The first-order valence-corrected chi connectivity index (χ1v) is 12.3. The highest BCUT2D eigenvalue weighted by atomic mass is 35.5. The van der Waals surface area contributed by atoms with E-state index in [0.29, 0.717) is 49.1 Å². The lowest BCUT2D eigenvalue weighted by atomic mass is 9.91. The molecule has 7 nitrogen and oxygen atoms in total. The smallest absolute Gasteiger partial charge is 0.241 e. The minimum Gasteiger partial charge on any atom is -0.391 e. The van der Waals surface area contributed by atoms with Gasteiger partial charge in [-0.25, -0.2) is 0 Å². The average Bonchev–Trinajstić information content (AvgIpc) is 2.74. The number of amides is 2. The molecular weight excluding hydrogens is 440 g/mol. The van der Waals surface area contributed by atoms with Crippen molar-refractivity contribution in [3.05, 3.63) is 29.3 Å². The largest absolute Gasteiger partial charge is 0.391 e. The quantitative estimate of drug-likeness (QED) is 0.452. The van der Waals surface area contributed by atoms with E-state index in [9.17, 15) is 14.7 Å². The number of anilines is 1. The Hall–Kier alpha value is -1.67. The SMILES string of the molecule is CCC[C@H](C[C@H](O)[C@@H](N)CN1CC(=O)N(c2ccccc2Cl)CC1(C)C)C(=O)NCC(C)C. The number of hydrogen-bond acceptors (Lipinski definition) is 5. The molecule has 0 radical (unpaired) electrons. The van der Waals surface area contributed by atoms with Gasteiger partial charge < -0.3 is 21.1 Å². The van der Waals surface area contributed by atoms with Crippen LogP contribution in [-0.4, -0.2) is 65.7 Å². The lowest BCUT2D eigenvalue weighted by molar-refractivity contribution is -0.126. The van der Waals surface area contributed by atoms with Crippen molar-refractivity contribution < 1.29 is 14.7 Å². The van der Waals surface area contributed by atoms with Crippen LogP contribution >= 0.6 is 11.6 Å². The van der Waals surface area contributed by atoms with Gasteiger partial charge in [-0.15, -0.1) is 0 Å². The Labute approximate surface area is 203 Å². The van der Waals surface area contributed by atoms with Gasteiger partial charge in [0.2, 0.25) is 11.8 Å². The molecule has 1 aromatic rings. The topological polar surface area (TPSA) is 98.9 Å². The fraction of sp³-hybridized carbons (Fsp3) is 0.680. The number of nitrogens with two attached hydrogens (primary N) is 1. The second-order valence-electron chi connectivity index (χ2n) is 10.2. The molecule has 0 aromatic heterocycles. The van der Waals surface area contributed by atoms with Crippen molar-refractivity contribution in [3.63, 3.8) is 0 Å². The third-order valence-electron chi connectivity index (χ3n) is 6.32. The van der Waals surface area contributed by atoms with Gasteiger partial charge >= 0.3 is 0 Å². The van der Waals surface area contributed by atoms with Crippen LogP contribution in [0.3, 0.4) is 0 Å². The molecule has 1 heterocycles. The molecule has 8 heteroatoms. The molecule has 2 rings (SSSR count). The number of halogens is 1. The Morgan fingerprint density at radius 1 is 1.30 bits per heavy atom. The number of piperazine rings is 1. The Kier molecular flexibility index (Phi) is 10.2. The van der Waals surface area contributed by atoms with Crippen molar-refractivity contribution in [2.45, 2.75) is 71.6 Å². The number of aliphatic hydroxyl groups is 1. The minimum atomic E-state index is -0.834. The number of nitrogens with one attached hydrogen (secondary N) is 1. The maximum absolute atomic E-state index is 12.9. The van der Waals surface area contributed by atoms with Crippen LogP contribution in [0, 0.1) is 11.8 Å². The fourth-order valence-electron chi connectivity index (χ4n) is 4.24. The van der Waals surface area contributed by atoms with Crippen LogP contribution in [0.15, 0.2) is 24.3 Å². The molecule has 3 atom stereocenters. The molecular formula is C25H41ClN4O3. The molecule has 0 bridgehead atoms. The Bertz CT molecular complexity index is 802. The predicted octanol–water partition coefficient (Wildman–Crippen LogP) is 3.03. The number of benzene rings is 1. The van der Waals surface area contributed by atoms with Gasteiger partial charge in [0, 0.05) is 37.1 Å². The molecule has 0 unspecified atom stereocenters. The van der Waals surface area contributed by atoms with Gasteiger partial charge in [-0.3, -0.25) is 14.5 Å². The van der Waals surface area contributed by atoms with E-state index < -0.39 is 12.1 Å². The summed E-state index contributed by atoms with van der Waals surface area (Å²) in [6, 6.07) is 6.76. The molecule has 1 saturated heterocycles. The second-order valence-corrected chi connectivity index (χ2v) is 10.6. The summed E-state index contributed by atoms with van der Waals surface area (Å²) < 4.78 is 0. The van der Waals surface area contributed by atoms with Crippen LogP contribution in [0.4, 0.5) is 5.69 Å². The van der Waals surface area contributed by atoms with Crippen LogP contribution in [0.2, 0.25) is 5.02 Å². The van der Waals surface area contributed by atoms with E-state index in [1.807, 2.05) is 30.0 Å². The minimum absolute atomic E-state index is 0.0272. The number of nitrogens with zero attached hydrogens (tertiary/aromatic N) is 2. The lowest BCUT2D eigenvalue weighted by Gasteiger charge is -2.47. The van der Waals surface area contributed by atoms with E-state index in [2.05, 4.69) is 33.0 Å².